The van der Waals surface area contributed by atoms with Crippen molar-refractivity contribution in [3.8, 4) is 0 Å². The number of rotatable bonds is 7. The molecule has 0 saturated heterocycles. The summed E-state index contributed by atoms with van der Waals surface area (Å²) in [5.41, 5.74) is 0.0410. The van der Waals surface area contributed by atoms with E-state index >= 15 is 0 Å². The lowest BCUT2D eigenvalue weighted by molar-refractivity contribution is 0.0602. The van der Waals surface area contributed by atoms with Crippen LogP contribution in [-0.4, -0.2) is 29.9 Å². The van der Waals surface area contributed by atoms with Crippen LogP contribution in [0.1, 0.15) is 9.67 Å². The third-order valence-electron chi connectivity index (χ3n) is 4.47. The zero-order valence-electron chi connectivity index (χ0n) is 17.0. The number of thiophene rings is 1. The summed E-state index contributed by atoms with van der Waals surface area (Å²) >= 11 is 12.7. The van der Waals surface area contributed by atoms with Gasteiger partial charge in [0.15, 0.2) is 0 Å². The molecule has 0 unspecified atom stereocenters. The molecule has 14 heteroatoms. The summed E-state index contributed by atoms with van der Waals surface area (Å²) in [6, 6.07) is 13.0. The van der Waals surface area contributed by atoms with Gasteiger partial charge in [0.1, 0.15) is 15.4 Å². The van der Waals surface area contributed by atoms with E-state index in [0.29, 0.717) is 11.0 Å². The molecule has 2 aromatic heterocycles. The standard InChI is InChI=1S/C20H14Cl2N2O7S3/c1-30-20(25)19-16(10-17(22)32-19)33(26,27)23-13-7-6-12(21)9-14(13)24-34(28,29)18-8-11-4-2-3-5-15(11)31-18/h2-10,23-24H,1H3. The van der Waals surface area contributed by atoms with Gasteiger partial charge >= 0.3 is 5.97 Å². The second-order valence-corrected chi connectivity index (χ2v) is 12.1. The van der Waals surface area contributed by atoms with E-state index < -0.39 is 30.9 Å². The number of hydrogen-bond acceptors (Lipinski definition) is 8. The van der Waals surface area contributed by atoms with Crippen LogP contribution in [0.25, 0.3) is 11.0 Å². The minimum Gasteiger partial charge on any atom is -0.465 e. The molecule has 2 N–H and O–H groups in total. The van der Waals surface area contributed by atoms with Crippen LogP contribution < -0.4 is 9.44 Å². The highest BCUT2D eigenvalue weighted by atomic mass is 35.5. The Bertz CT molecular complexity index is 1590. The van der Waals surface area contributed by atoms with Crippen molar-refractivity contribution >= 4 is 82.9 Å². The summed E-state index contributed by atoms with van der Waals surface area (Å²) in [5, 5.41) is 0.332. The lowest BCUT2D eigenvalue weighted by Gasteiger charge is -2.14. The highest BCUT2D eigenvalue weighted by molar-refractivity contribution is 7.93. The number of hydrogen-bond donors (Lipinski definition) is 2. The van der Waals surface area contributed by atoms with Gasteiger partial charge in [-0.3, -0.25) is 9.44 Å². The van der Waals surface area contributed by atoms with Gasteiger partial charge in [-0.05, 0) is 30.3 Å². The molecule has 0 atom stereocenters. The molecule has 2 heterocycles. The number of anilines is 2. The van der Waals surface area contributed by atoms with Gasteiger partial charge in [-0.1, -0.05) is 41.4 Å². The second kappa shape index (κ2) is 9.12. The van der Waals surface area contributed by atoms with Crippen LogP contribution in [0.5, 0.6) is 0 Å². The van der Waals surface area contributed by atoms with Gasteiger partial charge in [-0.15, -0.1) is 11.3 Å². The predicted octanol–water partition coefficient (Wildman–Crippen LogP) is 5.19. The van der Waals surface area contributed by atoms with Gasteiger partial charge in [0.05, 0.1) is 22.8 Å². The maximum Gasteiger partial charge on any atom is 0.349 e. The quantitative estimate of drug-likeness (QED) is 0.297. The molecule has 4 rings (SSSR count). The van der Waals surface area contributed by atoms with Crippen molar-refractivity contribution in [2.45, 2.75) is 9.99 Å². The van der Waals surface area contributed by atoms with E-state index in [4.69, 9.17) is 27.6 Å². The monoisotopic (exact) mass is 560 g/mol. The summed E-state index contributed by atoms with van der Waals surface area (Å²) in [6.45, 7) is 0. The average Bonchev–Trinajstić information content (AvgIpc) is 3.39. The molecular formula is C20H14Cl2N2O7S3. The molecule has 0 fully saturated rings. The molecule has 0 radical (unpaired) electrons. The molecule has 0 bridgehead atoms. The van der Waals surface area contributed by atoms with Crippen molar-refractivity contribution in [2.24, 2.45) is 0 Å². The lowest BCUT2D eigenvalue weighted by atomic mass is 10.3. The zero-order valence-corrected chi connectivity index (χ0v) is 21.0. The van der Waals surface area contributed by atoms with Gasteiger partial charge in [0.25, 0.3) is 20.0 Å². The van der Waals surface area contributed by atoms with Gasteiger partial charge in [0.2, 0.25) is 5.09 Å². The smallest absolute Gasteiger partial charge is 0.349 e. The Morgan fingerprint density at radius 3 is 2.35 bits per heavy atom. The maximum atomic E-state index is 13.0. The Morgan fingerprint density at radius 2 is 1.65 bits per heavy atom. The third-order valence-corrected chi connectivity index (χ3v) is 8.68. The second-order valence-electron chi connectivity index (χ2n) is 6.74. The zero-order chi connectivity index (χ0) is 24.7. The van der Waals surface area contributed by atoms with E-state index in [1.807, 2.05) is 0 Å². The Kier molecular flexibility index (Phi) is 6.53. The molecular weight excluding hydrogens is 547 g/mol. The Labute approximate surface area is 208 Å². The Hall–Kier alpha value is -2.77. The maximum absolute atomic E-state index is 13.0. The first-order chi connectivity index (χ1) is 16.0. The number of carbonyl (C=O) groups is 1. The van der Waals surface area contributed by atoms with Crippen molar-refractivity contribution in [2.75, 3.05) is 16.6 Å². The van der Waals surface area contributed by atoms with Crippen molar-refractivity contribution in [1.29, 1.82) is 0 Å². The van der Waals surface area contributed by atoms with E-state index in [1.165, 1.54) is 24.3 Å². The predicted molar refractivity (Wildman–Crippen MR) is 130 cm³/mol. The van der Waals surface area contributed by atoms with Gasteiger partial charge in [-0.25, -0.2) is 13.2 Å². The van der Waals surface area contributed by atoms with Crippen LogP contribution >= 0.6 is 34.5 Å². The van der Waals surface area contributed by atoms with Crippen LogP contribution in [0.15, 0.2) is 69.0 Å². The number of methoxy groups -OCH3 is 1. The summed E-state index contributed by atoms with van der Waals surface area (Å²) in [4.78, 5) is 11.3. The first kappa shape index (κ1) is 24.4. The number of halogens is 2. The van der Waals surface area contributed by atoms with Crippen molar-refractivity contribution in [3.63, 3.8) is 0 Å². The summed E-state index contributed by atoms with van der Waals surface area (Å²) in [5.74, 6) is -0.890. The average molecular weight is 561 g/mol. The minimum atomic E-state index is -4.38. The van der Waals surface area contributed by atoms with Crippen LogP contribution in [0.4, 0.5) is 11.4 Å². The summed E-state index contributed by atoms with van der Waals surface area (Å²) in [6.07, 6.45) is 0. The first-order valence-electron chi connectivity index (χ1n) is 9.21. The molecule has 0 amide bonds. The molecule has 0 saturated carbocycles. The van der Waals surface area contributed by atoms with Crippen LogP contribution in [0.2, 0.25) is 9.36 Å². The lowest BCUT2D eigenvalue weighted by Crippen LogP contribution is -2.18. The molecule has 34 heavy (non-hydrogen) atoms. The minimum absolute atomic E-state index is 0.0442. The molecule has 2 aromatic carbocycles. The number of esters is 1. The molecule has 4 aromatic rings. The highest BCUT2D eigenvalue weighted by Gasteiger charge is 2.28. The van der Waals surface area contributed by atoms with Crippen molar-refractivity contribution in [1.82, 2.24) is 0 Å². The Balaban J connectivity index is 1.71. The van der Waals surface area contributed by atoms with E-state index in [0.717, 1.165) is 24.5 Å². The van der Waals surface area contributed by atoms with Crippen molar-refractivity contribution in [3.05, 3.63) is 68.8 Å². The third kappa shape index (κ3) is 4.86. The topological polar surface area (TPSA) is 132 Å². The number of benzene rings is 2. The highest BCUT2D eigenvalue weighted by Crippen LogP contribution is 2.35. The van der Waals surface area contributed by atoms with Crippen LogP contribution in [0, 0.1) is 0 Å². The largest absolute Gasteiger partial charge is 0.465 e. The fourth-order valence-electron chi connectivity index (χ4n) is 2.96. The molecule has 178 valence electrons. The van der Waals surface area contributed by atoms with Crippen molar-refractivity contribution < 1.29 is 30.8 Å². The molecule has 9 nitrogen and oxygen atoms in total. The van der Waals surface area contributed by atoms with E-state index in [9.17, 15) is 21.6 Å². The SMILES string of the molecule is COC(=O)c1sc(Cl)cc1S(=O)(=O)Nc1ccc(Cl)cc1NS(=O)(=O)c1cc2ccccc2o1. The normalized spacial score (nSPS) is 12.0. The number of carbonyl (C=O) groups excluding carboxylic acids is 1. The number of nitrogens with one attached hydrogen (secondary N) is 2. The number of para-hydroxylation sites is 1. The molecule has 0 spiro atoms. The van der Waals surface area contributed by atoms with Crippen LogP contribution in [-0.2, 0) is 24.8 Å². The molecule has 0 aliphatic rings. The fourth-order valence-corrected chi connectivity index (χ4v) is 6.98. The Morgan fingerprint density at radius 1 is 0.941 bits per heavy atom. The number of sulfonamides is 2. The summed E-state index contributed by atoms with van der Waals surface area (Å²) in [7, 11) is -7.54. The molecule has 0 aliphatic heterocycles. The number of furan rings is 1. The first-order valence-corrected chi connectivity index (χ1v) is 13.8. The summed E-state index contributed by atoms with van der Waals surface area (Å²) < 4.78 is 66.6. The van der Waals surface area contributed by atoms with Gasteiger partial charge in [0, 0.05) is 16.5 Å². The fraction of sp³-hybridized carbons (Fsp3) is 0.0500. The van der Waals surface area contributed by atoms with E-state index in [-0.39, 0.29) is 30.7 Å². The van der Waals surface area contributed by atoms with E-state index in [2.05, 4.69) is 14.2 Å². The van der Waals surface area contributed by atoms with E-state index in [1.54, 1.807) is 24.3 Å². The molecule has 0 aliphatic carbocycles. The number of fused-ring (bicyclic) bond motifs is 1. The number of ether oxygens (including phenoxy) is 1. The van der Waals surface area contributed by atoms with Crippen LogP contribution in [0.3, 0.4) is 0 Å². The van der Waals surface area contributed by atoms with Gasteiger partial charge in [-0.2, -0.15) is 8.42 Å². The van der Waals surface area contributed by atoms with Gasteiger partial charge < -0.3 is 9.15 Å².